The van der Waals surface area contributed by atoms with E-state index in [4.69, 9.17) is 18.0 Å². The highest BCUT2D eigenvalue weighted by Gasteiger charge is 2.07. The molecule has 0 fully saturated rings. The van der Waals surface area contributed by atoms with Crippen LogP contribution in [0.5, 0.6) is 0 Å². The summed E-state index contributed by atoms with van der Waals surface area (Å²) >= 11 is 4.93. The highest BCUT2D eigenvalue weighted by molar-refractivity contribution is 7.80. The Morgan fingerprint density at radius 1 is 1.53 bits per heavy atom. The van der Waals surface area contributed by atoms with Gasteiger partial charge < -0.3 is 10.1 Å². The second-order valence-electron chi connectivity index (χ2n) is 3.97. The van der Waals surface area contributed by atoms with Gasteiger partial charge in [-0.05, 0) is 18.7 Å². The number of imidazole rings is 1. The van der Waals surface area contributed by atoms with E-state index in [1.165, 1.54) is 0 Å². The van der Waals surface area contributed by atoms with Crippen molar-refractivity contribution in [2.24, 2.45) is 5.73 Å². The maximum atomic E-state index is 5.56. The van der Waals surface area contributed by atoms with E-state index in [0.29, 0.717) is 11.5 Å². The minimum Gasteiger partial charge on any atom is -0.392 e. The van der Waals surface area contributed by atoms with Gasteiger partial charge >= 0.3 is 0 Å². The molecule has 0 saturated heterocycles. The van der Waals surface area contributed by atoms with Gasteiger partial charge in [0.2, 0.25) is 0 Å². The second kappa shape index (κ2) is 5.25. The third-order valence-corrected chi connectivity index (χ3v) is 2.76. The SMILES string of the molecule is CCN(CC(N)=S)Cc1cn2ccccc2n1. The van der Waals surface area contributed by atoms with Gasteiger partial charge in [0.05, 0.1) is 10.7 Å². The van der Waals surface area contributed by atoms with Crippen molar-refractivity contribution in [2.75, 3.05) is 13.1 Å². The Kier molecular flexibility index (Phi) is 3.71. The molecule has 0 saturated carbocycles. The molecular weight excluding hydrogens is 232 g/mol. The number of likely N-dealkylation sites (N-methyl/N-ethyl adjacent to an activating group) is 1. The summed E-state index contributed by atoms with van der Waals surface area (Å²) in [7, 11) is 0. The van der Waals surface area contributed by atoms with E-state index >= 15 is 0 Å². The molecule has 2 heterocycles. The Morgan fingerprint density at radius 3 is 3.00 bits per heavy atom. The lowest BCUT2D eigenvalue weighted by Gasteiger charge is -2.17. The minimum atomic E-state index is 0.524. The monoisotopic (exact) mass is 248 g/mol. The number of nitrogens with two attached hydrogens (primary N) is 1. The predicted molar refractivity (Wildman–Crippen MR) is 72.9 cm³/mol. The van der Waals surface area contributed by atoms with Crippen molar-refractivity contribution in [1.29, 1.82) is 0 Å². The van der Waals surface area contributed by atoms with Crippen LogP contribution >= 0.6 is 12.2 Å². The van der Waals surface area contributed by atoms with Gasteiger partial charge in [0, 0.05) is 25.5 Å². The summed E-state index contributed by atoms with van der Waals surface area (Å²) in [5, 5.41) is 0. The normalized spacial score (nSPS) is 11.2. The number of pyridine rings is 1. The lowest BCUT2D eigenvalue weighted by atomic mass is 10.4. The number of aromatic nitrogens is 2. The van der Waals surface area contributed by atoms with Crippen LogP contribution in [0.15, 0.2) is 30.6 Å². The van der Waals surface area contributed by atoms with Crippen LogP contribution in [0.3, 0.4) is 0 Å². The molecule has 0 aliphatic rings. The van der Waals surface area contributed by atoms with Gasteiger partial charge in [-0.15, -0.1) is 0 Å². The fourth-order valence-electron chi connectivity index (χ4n) is 1.79. The molecule has 0 atom stereocenters. The van der Waals surface area contributed by atoms with Crippen molar-refractivity contribution in [3.05, 3.63) is 36.3 Å². The zero-order valence-electron chi connectivity index (χ0n) is 9.84. The third kappa shape index (κ3) is 3.01. The van der Waals surface area contributed by atoms with E-state index in [0.717, 1.165) is 24.4 Å². The molecule has 0 aliphatic heterocycles. The first kappa shape index (κ1) is 12.0. The van der Waals surface area contributed by atoms with Crippen LogP contribution in [0.4, 0.5) is 0 Å². The zero-order valence-corrected chi connectivity index (χ0v) is 10.7. The first-order valence-electron chi connectivity index (χ1n) is 5.62. The molecule has 0 bridgehead atoms. The molecule has 0 radical (unpaired) electrons. The molecule has 4 nitrogen and oxygen atoms in total. The van der Waals surface area contributed by atoms with E-state index in [2.05, 4.69) is 16.8 Å². The molecule has 2 N–H and O–H groups in total. The van der Waals surface area contributed by atoms with Crippen LogP contribution in [0.1, 0.15) is 12.6 Å². The molecule has 0 amide bonds. The lowest BCUT2D eigenvalue weighted by molar-refractivity contribution is 0.318. The third-order valence-electron chi connectivity index (χ3n) is 2.63. The molecule has 90 valence electrons. The average Bonchev–Trinajstić information content (AvgIpc) is 2.69. The van der Waals surface area contributed by atoms with Crippen molar-refractivity contribution in [2.45, 2.75) is 13.5 Å². The van der Waals surface area contributed by atoms with Crippen LogP contribution in [-0.2, 0) is 6.54 Å². The van der Waals surface area contributed by atoms with Gasteiger partial charge in [0.15, 0.2) is 0 Å². The van der Waals surface area contributed by atoms with E-state index in [-0.39, 0.29) is 0 Å². The summed E-state index contributed by atoms with van der Waals surface area (Å²) in [6.45, 7) is 4.41. The molecule has 17 heavy (non-hydrogen) atoms. The molecule has 2 aromatic rings. The number of hydrogen-bond donors (Lipinski definition) is 1. The van der Waals surface area contributed by atoms with Gasteiger partial charge in [-0.1, -0.05) is 25.2 Å². The van der Waals surface area contributed by atoms with Crippen molar-refractivity contribution in [3.63, 3.8) is 0 Å². The van der Waals surface area contributed by atoms with Crippen LogP contribution in [0, 0.1) is 0 Å². The van der Waals surface area contributed by atoms with Crippen LogP contribution in [-0.4, -0.2) is 32.4 Å². The summed E-state index contributed by atoms with van der Waals surface area (Å²) < 4.78 is 2.02. The highest BCUT2D eigenvalue weighted by atomic mass is 32.1. The molecule has 0 unspecified atom stereocenters. The van der Waals surface area contributed by atoms with Gasteiger partial charge in [0.1, 0.15) is 5.65 Å². The summed E-state index contributed by atoms with van der Waals surface area (Å²) in [6.07, 6.45) is 4.03. The maximum Gasteiger partial charge on any atom is 0.137 e. The largest absolute Gasteiger partial charge is 0.392 e. The molecule has 2 rings (SSSR count). The Labute approximate surface area is 106 Å². The van der Waals surface area contributed by atoms with Gasteiger partial charge in [0.25, 0.3) is 0 Å². The summed E-state index contributed by atoms with van der Waals surface area (Å²) in [6, 6.07) is 5.97. The summed E-state index contributed by atoms with van der Waals surface area (Å²) in [4.78, 5) is 7.24. The van der Waals surface area contributed by atoms with Crippen molar-refractivity contribution in [1.82, 2.24) is 14.3 Å². The first-order chi connectivity index (χ1) is 8.19. The Hall–Kier alpha value is -1.46. The van der Waals surface area contributed by atoms with E-state index in [1.54, 1.807) is 0 Å². The first-order valence-corrected chi connectivity index (χ1v) is 6.03. The average molecular weight is 248 g/mol. The number of fused-ring (bicyclic) bond motifs is 1. The van der Waals surface area contributed by atoms with E-state index in [1.807, 2.05) is 35.0 Å². The van der Waals surface area contributed by atoms with Crippen LogP contribution in [0.2, 0.25) is 0 Å². The smallest absolute Gasteiger partial charge is 0.137 e. The van der Waals surface area contributed by atoms with Crippen molar-refractivity contribution in [3.8, 4) is 0 Å². The van der Waals surface area contributed by atoms with E-state index < -0.39 is 0 Å². The van der Waals surface area contributed by atoms with Gasteiger partial charge in [-0.25, -0.2) is 4.98 Å². The second-order valence-corrected chi connectivity index (χ2v) is 4.49. The molecule has 0 aliphatic carbocycles. The fraction of sp³-hybridized carbons (Fsp3) is 0.333. The quantitative estimate of drug-likeness (QED) is 0.813. The van der Waals surface area contributed by atoms with E-state index in [9.17, 15) is 0 Å². The topological polar surface area (TPSA) is 46.6 Å². The maximum absolute atomic E-state index is 5.56. The Bertz CT molecular complexity index is 487. The predicted octanol–water partition coefficient (Wildman–Crippen LogP) is 1.44. The number of thiocarbonyl (C=S) groups is 1. The molecular formula is C12H16N4S. The fourth-order valence-corrected chi connectivity index (χ4v) is 1.97. The summed E-state index contributed by atoms with van der Waals surface area (Å²) in [5.74, 6) is 0. The van der Waals surface area contributed by atoms with Crippen molar-refractivity contribution >= 4 is 22.9 Å². The molecule has 0 aromatic carbocycles. The van der Waals surface area contributed by atoms with Crippen LogP contribution in [0.25, 0.3) is 5.65 Å². The zero-order chi connectivity index (χ0) is 12.3. The highest BCUT2D eigenvalue weighted by Crippen LogP contribution is 2.07. The van der Waals surface area contributed by atoms with Gasteiger partial charge in [-0.3, -0.25) is 4.90 Å². The summed E-state index contributed by atoms with van der Waals surface area (Å²) in [5.41, 5.74) is 7.56. The minimum absolute atomic E-state index is 0.524. The number of hydrogen-bond acceptors (Lipinski definition) is 3. The van der Waals surface area contributed by atoms with Gasteiger partial charge in [-0.2, -0.15) is 0 Å². The number of nitrogens with zero attached hydrogens (tertiary/aromatic N) is 3. The Morgan fingerprint density at radius 2 is 2.35 bits per heavy atom. The van der Waals surface area contributed by atoms with Crippen LogP contribution < -0.4 is 5.73 Å². The Balaban J connectivity index is 2.14. The molecule has 0 spiro atoms. The number of rotatable bonds is 5. The van der Waals surface area contributed by atoms with Crippen molar-refractivity contribution < 1.29 is 0 Å². The molecule has 2 aromatic heterocycles. The lowest BCUT2D eigenvalue weighted by Crippen LogP contribution is -2.32. The standard InChI is InChI=1S/C12H16N4S/c1-2-15(9-11(13)17)7-10-8-16-6-4-3-5-12(16)14-10/h3-6,8H,2,7,9H2,1H3,(H2,13,17). The molecule has 5 heteroatoms.